The van der Waals surface area contributed by atoms with E-state index >= 15 is 0 Å². The summed E-state index contributed by atoms with van der Waals surface area (Å²) in [6.07, 6.45) is 2.37. The highest BCUT2D eigenvalue weighted by atomic mass is 32.2. The van der Waals surface area contributed by atoms with Gasteiger partial charge in [0.2, 0.25) is 0 Å². The van der Waals surface area contributed by atoms with E-state index in [9.17, 15) is 0 Å². The van der Waals surface area contributed by atoms with Gasteiger partial charge in [0, 0.05) is 24.1 Å². The summed E-state index contributed by atoms with van der Waals surface area (Å²) in [5.41, 5.74) is 1.33. The molecule has 3 heteroatoms. The predicted octanol–water partition coefficient (Wildman–Crippen LogP) is 3.48. The standard InChI is InChI=1S/C14H23NOS/c1-5-16-11(2)10-15-12(3)13-6-8-14(17-4)9-7-13/h6-9,11-12,15H,5,10H2,1-4H3. The average molecular weight is 253 g/mol. The zero-order chi connectivity index (χ0) is 12.7. The third-order valence-electron chi connectivity index (χ3n) is 2.78. The Morgan fingerprint density at radius 2 is 1.88 bits per heavy atom. The first-order valence-electron chi connectivity index (χ1n) is 6.16. The Labute approximate surface area is 109 Å². The van der Waals surface area contributed by atoms with Gasteiger partial charge in [-0.2, -0.15) is 0 Å². The Bertz CT molecular complexity index is 313. The molecule has 0 bridgehead atoms. The highest BCUT2D eigenvalue weighted by Crippen LogP contribution is 2.18. The van der Waals surface area contributed by atoms with E-state index in [2.05, 4.69) is 49.7 Å². The van der Waals surface area contributed by atoms with Crippen molar-refractivity contribution in [2.24, 2.45) is 0 Å². The molecule has 1 aromatic carbocycles. The van der Waals surface area contributed by atoms with Crippen LogP contribution < -0.4 is 5.32 Å². The van der Waals surface area contributed by atoms with Crippen molar-refractivity contribution in [3.05, 3.63) is 29.8 Å². The molecule has 96 valence electrons. The summed E-state index contributed by atoms with van der Waals surface area (Å²) >= 11 is 1.77. The van der Waals surface area contributed by atoms with Crippen LogP contribution in [0.5, 0.6) is 0 Å². The lowest BCUT2D eigenvalue weighted by atomic mass is 10.1. The maximum Gasteiger partial charge on any atom is 0.0671 e. The molecule has 1 N–H and O–H groups in total. The minimum atomic E-state index is 0.271. The third kappa shape index (κ3) is 5.11. The molecule has 0 aliphatic rings. The number of rotatable bonds is 7. The van der Waals surface area contributed by atoms with Crippen molar-refractivity contribution in [1.29, 1.82) is 0 Å². The van der Waals surface area contributed by atoms with Crippen molar-refractivity contribution >= 4 is 11.8 Å². The summed E-state index contributed by atoms with van der Waals surface area (Å²) in [5, 5.41) is 3.49. The number of benzene rings is 1. The summed E-state index contributed by atoms with van der Waals surface area (Å²) in [7, 11) is 0. The van der Waals surface area contributed by atoms with Crippen molar-refractivity contribution < 1.29 is 4.74 Å². The molecule has 2 nitrogen and oxygen atoms in total. The van der Waals surface area contributed by atoms with E-state index in [4.69, 9.17) is 4.74 Å². The fourth-order valence-corrected chi connectivity index (χ4v) is 2.10. The van der Waals surface area contributed by atoms with Crippen LogP contribution >= 0.6 is 11.8 Å². The number of thioether (sulfide) groups is 1. The molecule has 0 radical (unpaired) electrons. The maximum absolute atomic E-state index is 5.50. The van der Waals surface area contributed by atoms with Crippen LogP contribution in [0.1, 0.15) is 32.4 Å². The first-order valence-corrected chi connectivity index (χ1v) is 7.38. The number of hydrogen-bond acceptors (Lipinski definition) is 3. The van der Waals surface area contributed by atoms with Crippen LogP contribution in [0.25, 0.3) is 0 Å². The molecule has 0 aliphatic carbocycles. The van der Waals surface area contributed by atoms with E-state index in [1.807, 2.05) is 6.92 Å². The van der Waals surface area contributed by atoms with Crippen LogP contribution in [0, 0.1) is 0 Å². The summed E-state index contributed by atoms with van der Waals surface area (Å²) in [6, 6.07) is 9.09. The van der Waals surface area contributed by atoms with Gasteiger partial charge >= 0.3 is 0 Å². The fourth-order valence-electron chi connectivity index (χ4n) is 1.70. The Hall–Kier alpha value is -0.510. The van der Waals surface area contributed by atoms with Gasteiger partial charge in [0.05, 0.1) is 6.10 Å². The molecule has 0 amide bonds. The Morgan fingerprint density at radius 3 is 2.41 bits per heavy atom. The van der Waals surface area contributed by atoms with Crippen LogP contribution in [0.2, 0.25) is 0 Å². The van der Waals surface area contributed by atoms with Gasteiger partial charge in [-0.15, -0.1) is 11.8 Å². The number of nitrogens with one attached hydrogen (secondary N) is 1. The Morgan fingerprint density at radius 1 is 1.24 bits per heavy atom. The van der Waals surface area contributed by atoms with Crippen LogP contribution in [-0.4, -0.2) is 25.5 Å². The van der Waals surface area contributed by atoms with Gasteiger partial charge in [-0.05, 0) is 44.7 Å². The molecule has 0 heterocycles. The molecular formula is C14H23NOS. The van der Waals surface area contributed by atoms with Gasteiger partial charge in [-0.1, -0.05) is 12.1 Å². The first-order chi connectivity index (χ1) is 8.17. The Kier molecular flexibility index (Phi) is 6.63. The van der Waals surface area contributed by atoms with E-state index in [0.29, 0.717) is 6.04 Å². The van der Waals surface area contributed by atoms with Gasteiger partial charge in [0.1, 0.15) is 0 Å². The SMILES string of the molecule is CCOC(C)CNC(C)c1ccc(SC)cc1. The number of hydrogen-bond donors (Lipinski definition) is 1. The maximum atomic E-state index is 5.50. The summed E-state index contributed by atoms with van der Waals surface area (Å²) in [4.78, 5) is 1.31. The molecule has 0 aliphatic heterocycles. The minimum Gasteiger partial charge on any atom is -0.377 e. The van der Waals surface area contributed by atoms with Crippen LogP contribution in [0.4, 0.5) is 0 Å². The second-order valence-corrected chi connectivity index (χ2v) is 5.05. The van der Waals surface area contributed by atoms with Crippen molar-refractivity contribution in [3.63, 3.8) is 0 Å². The lowest BCUT2D eigenvalue weighted by Crippen LogP contribution is -2.29. The molecule has 1 rings (SSSR count). The fraction of sp³-hybridized carbons (Fsp3) is 0.571. The second kappa shape index (κ2) is 7.75. The summed E-state index contributed by atoms with van der Waals surface area (Å²) in [6.45, 7) is 7.98. The lowest BCUT2D eigenvalue weighted by molar-refractivity contribution is 0.0743. The van der Waals surface area contributed by atoms with Crippen molar-refractivity contribution in [3.8, 4) is 0 Å². The van der Waals surface area contributed by atoms with E-state index in [1.165, 1.54) is 10.5 Å². The molecule has 0 spiro atoms. The summed E-state index contributed by atoms with van der Waals surface area (Å²) in [5.74, 6) is 0. The van der Waals surface area contributed by atoms with Gasteiger partial charge in [-0.25, -0.2) is 0 Å². The van der Waals surface area contributed by atoms with Crippen molar-refractivity contribution in [2.75, 3.05) is 19.4 Å². The molecule has 1 aromatic rings. The molecule has 2 unspecified atom stereocenters. The molecule has 0 saturated carbocycles. The van der Waals surface area contributed by atoms with Gasteiger partial charge in [0.25, 0.3) is 0 Å². The first kappa shape index (κ1) is 14.6. The van der Waals surface area contributed by atoms with E-state index in [1.54, 1.807) is 11.8 Å². The zero-order valence-corrected chi connectivity index (χ0v) is 12.0. The monoisotopic (exact) mass is 253 g/mol. The summed E-state index contributed by atoms with van der Waals surface area (Å²) < 4.78 is 5.50. The normalized spacial score (nSPS) is 14.6. The number of ether oxygens (including phenoxy) is 1. The largest absolute Gasteiger partial charge is 0.377 e. The smallest absolute Gasteiger partial charge is 0.0671 e. The molecule has 0 fully saturated rings. The van der Waals surface area contributed by atoms with Gasteiger partial charge in [0.15, 0.2) is 0 Å². The van der Waals surface area contributed by atoms with Crippen molar-refractivity contribution in [1.82, 2.24) is 5.32 Å². The van der Waals surface area contributed by atoms with Crippen molar-refractivity contribution in [2.45, 2.75) is 37.8 Å². The molecule has 0 saturated heterocycles. The second-order valence-electron chi connectivity index (χ2n) is 4.17. The topological polar surface area (TPSA) is 21.3 Å². The van der Waals surface area contributed by atoms with Crippen LogP contribution in [0.3, 0.4) is 0 Å². The zero-order valence-electron chi connectivity index (χ0n) is 11.2. The molecule has 0 aromatic heterocycles. The highest BCUT2D eigenvalue weighted by Gasteiger charge is 2.07. The molecule has 2 atom stereocenters. The third-order valence-corrected chi connectivity index (χ3v) is 3.52. The van der Waals surface area contributed by atoms with E-state index in [-0.39, 0.29) is 6.10 Å². The highest BCUT2D eigenvalue weighted by molar-refractivity contribution is 7.98. The van der Waals surface area contributed by atoms with E-state index in [0.717, 1.165) is 13.2 Å². The minimum absolute atomic E-state index is 0.271. The quantitative estimate of drug-likeness (QED) is 0.752. The van der Waals surface area contributed by atoms with Crippen LogP contribution in [-0.2, 0) is 4.74 Å². The average Bonchev–Trinajstić information content (AvgIpc) is 2.36. The molecule has 17 heavy (non-hydrogen) atoms. The predicted molar refractivity (Wildman–Crippen MR) is 75.7 cm³/mol. The lowest BCUT2D eigenvalue weighted by Gasteiger charge is -2.18. The van der Waals surface area contributed by atoms with E-state index < -0.39 is 0 Å². The molecular weight excluding hydrogens is 230 g/mol. The van der Waals surface area contributed by atoms with Crippen LogP contribution in [0.15, 0.2) is 29.2 Å². The van der Waals surface area contributed by atoms with Gasteiger partial charge < -0.3 is 10.1 Å². The Balaban J connectivity index is 2.43. The van der Waals surface area contributed by atoms with Gasteiger partial charge in [-0.3, -0.25) is 0 Å².